The van der Waals surface area contributed by atoms with Gasteiger partial charge in [0.05, 0.1) is 5.92 Å². The Bertz CT molecular complexity index is 234. The quantitative estimate of drug-likeness (QED) is 0.471. The zero-order chi connectivity index (χ0) is 9.14. The van der Waals surface area contributed by atoms with Crippen molar-refractivity contribution >= 4 is 5.78 Å². The Morgan fingerprint density at radius 3 is 2.83 bits per heavy atom. The van der Waals surface area contributed by atoms with Crippen LogP contribution < -0.4 is 0 Å². The lowest BCUT2D eigenvalue weighted by Gasteiger charge is -2.10. The van der Waals surface area contributed by atoms with Crippen LogP contribution in [0.3, 0.4) is 0 Å². The van der Waals surface area contributed by atoms with Gasteiger partial charge in [0.2, 0.25) is 6.04 Å². The second-order valence-electron chi connectivity index (χ2n) is 2.95. The Morgan fingerprint density at radius 2 is 2.50 bits per heavy atom. The van der Waals surface area contributed by atoms with Gasteiger partial charge in [-0.2, -0.15) is 0 Å². The summed E-state index contributed by atoms with van der Waals surface area (Å²) >= 11 is 0. The van der Waals surface area contributed by atoms with Gasteiger partial charge in [0.15, 0.2) is 5.78 Å². The van der Waals surface area contributed by atoms with E-state index >= 15 is 0 Å². The molecule has 0 N–H and O–H groups in total. The van der Waals surface area contributed by atoms with Crippen molar-refractivity contribution in [3.8, 4) is 0 Å². The van der Waals surface area contributed by atoms with Crippen LogP contribution in [0.15, 0.2) is 12.2 Å². The van der Waals surface area contributed by atoms with Gasteiger partial charge in [-0.15, -0.1) is 0 Å². The maximum absolute atomic E-state index is 10.8. The molecule has 0 aromatic carbocycles. The standard InChI is InChI=1S/C8H11NO3/c1-2-8(9(11)12)6-3-4-7(10)5-6/h3-4,6,8H,2,5H2,1H3. The molecule has 0 aliphatic heterocycles. The second-order valence-corrected chi connectivity index (χ2v) is 2.95. The first-order valence-corrected chi connectivity index (χ1v) is 3.99. The third-order valence-corrected chi connectivity index (χ3v) is 2.15. The number of hydrogen-bond donors (Lipinski definition) is 0. The fourth-order valence-electron chi connectivity index (χ4n) is 1.47. The molecule has 1 aliphatic carbocycles. The lowest BCUT2D eigenvalue weighted by atomic mass is 9.98. The second kappa shape index (κ2) is 3.47. The molecule has 0 bridgehead atoms. The SMILES string of the molecule is CCC(C1C=CC(=O)C1)[N+](=O)[O-]. The van der Waals surface area contributed by atoms with Gasteiger partial charge in [-0.1, -0.05) is 13.0 Å². The molecule has 1 aliphatic rings. The van der Waals surface area contributed by atoms with E-state index in [-0.39, 0.29) is 16.6 Å². The maximum Gasteiger partial charge on any atom is 0.219 e. The topological polar surface area (TPSA) is 60.2 Å². The summed E-state index contributed by atoms with van der Waals surface area (Å²) in [5.41, 5.74) is 0. The van der Waals surface area contributed by atoms with E-state index in [1.165, 1.54) is 6.08 Å². The summed E-state index contributed by atoms with van der Waals surface area (Å²) in [5.74, 6) is -0.183. The van der Waals surface area contributed by atoms with Crippen molar-refractivity contribution in [3.05, 3.63) is 22.3 Å². The van der Waals surface area contributed by atoms with Crippen LogP contribution in [0.2, 0.25) is 0 Å². The zero-order valence-electron chi connectivity index (χ0n) is 6.90. The number of ketones is 1. The van der Waals surface area contributed by atoms with Crippen molar-refractivity contribution in [1.82, 2.24) is 0 Å². The Balaban J connectivity index is 2.63. The maximum atomic E-state index is 10.8. The van der Waals surface area contributed by atoms with Gasteiger partial charge < -0.3 is 0 Å². The number of carbonyl (C=O) groups excluding carboxylic acids is 1. The molecular formula is C8H11NO3. The van der Waals surface area contributed by atoms with Crippen LogP contribution in [-0.4, -0.2) is 16.7 Å². The van der Waals surface area contributed by atoms with Crippen molar-refractivity contribution in [2.24, 2.45) is 5.92 Å². The minimum atomic E-state index is -0.590. The number of nitrogens with zero attached hydrogens (tertiary/aromatic N) is 1. The number of rotatable bonds is 3. The normalized spacial score (nSPS) is 24.4. The van der Waals surface area contributed by atoms with Crippen LogP contribution in [0.25, 0.3) is 0 Å². The smallest absolute Gasteiger partial charge is 0.219 e. The molecule has 4 heteroatoms. The molecule has 4 nitrogen and oxygen atoms in total. The average Bonchev–Trinajstić information content (AvgIpc) is 2.37. The summed E-state index contributed by atoms with van der Waals surface area (Å²) in [6, 6.07) is -0.590. The first kappa shape index (κ1) is 8.90. The molecule has 0 spiro atoms. The molecule has 0 aromatic rings. The largest absolute Gasteiger partial charge is 0.295 e. The van der Waals surface area contributed by atoms with E-state index in [4.69, 9.17) is 0 Å². The Labute approximate surface area is 70.4 Å². The molecule has 12 heavy (non-hydrogen) atoms. The highest BCUT2D eigenvalue weighted by atomic mass is 16.6. The highest BCUT2D eigenvalue weighted by Crippen LogP contribution is 2.21. The van der Waals surface area contributed by atoms with Gasteiger partial charge in [0.1, 0.15) is 0 Å². The van der Waals surface area contributed by atoms with Gasteiger partial charge in [0, 0.05) is 17.8 Å². The molecule has 0 fully saturated rings. The highest BCUT2D eigenvalue weighted by molar-refractivity contribution is 5.92. The van der Waals surface area contributed by atoms with E-state index in [9.17, 15) is 14.9 Å². The van der Waals surface area contributed by atoms with Crippen LogP contribution in [-0.2, 0) is 4.79 Å². The van der Waals surface area contributed by atoms with Crippen LogP contribution in [0.4, 0.5) is 0 Å². The van der Waals surface area contributed by atoms with Crippen molar-refractivity contribution < 1.29 is 9.72 Å². The minimum Gasteiger partial charge on any atom is -0.295 e. The highest BCUT2D eigenvalue weighted by Gasteiger charge is 2.31. The summed E-state index contributed by atoms with van der Waals surface area (Å²) in [6.45, 7) is 1.77. The summed E-state index contributed by atoms with van der Waals surface area (Å²) in [6.07, 6.45) is 3.88. The molecule has 0 heterocycles. The molecule has 2 atom stereocenters. The zero-order valence-corrected chi connectivity index (χ0v) is 6.90. The summed E-state index contributed by atoms with van der Waals surface area (Å²) in [5, 5.41) is 10.5. The lowest BCUT2D eigenvalue weighted by Crippen LogP contribution is -2.26. The molecule has 66 valence electrons. The van der Waals surface area contributed by atoms with Crippen molar-refractivity contribution in [2.45, 2.75) is 25.8 Å². The van der Waals surface area contributed by atoms with Crippen LogP contribution in [0.1, 0.15) is 19.8 Å². The van der Waals surface area contributed by atoms with Crippen molar-refractivity contribution in [2.75, 3.05) is 0 Å². The van der Waals surface area contributed by atoms with Gasteiger partial charge in [-0.05, 0) is 6.08 Å². The van der Waals surface area contributed by atoms with E-state index in [0.29, 0.717) is 12.8 Å². The van der Waals surface area contributed by atoms with E-state index in [2.05, 4.69) is 0 Å². The first-order chi connectivity index (χ1) is 5.65. The van der Waals surface area contributed by atoms with Crippen LogP contribution in [0.5, 0.6) is 0 Å². The summed E-state index contributed by atoms with van der Waals surface area (Å²) in [7, 11) is 0. The molecule has 1 rings (SSSR count). The number of carbonyl (C=O) groups is 1. The molecule has 0 saturated heterocycles. The average molecular weight is 169 g/mol. The predicted molar refractivity (Wildman–Crippen MR) is 43.3 cm³/mol. The molecule has 0 aromatic heterocycles. The van der Waals surface area contributed by atoms with E-state index in [1.54, 1.807) is 13.0 Å². The fourth-order valence-corrected chi connectivity index (χ4v) is 1.47. The third-order valence-electron chi connectivity index (χ3n) is 2.15. The van der Waals surface area contributed by atoms with Crippen LogP contribution in [0, 0.1) is 16.0 Å². The Hall–Kier alpha value is -1.19. The fraction of sp³-hybridized carbons (Fsp3) is 0.625. The Kier molecular flexibility index (Phi) is 2.58. The minimum absolute atomic E-state index is 0.000278. The van der Waals surface area contributed by atoms with Crippen molar-refractivity contribution in [1.29, 1.82) is 0 Å². The summed E-state index contributed by atoms with van der Waals surface area (Å²) < 4.78 is 0. The monoisotopic (exact) mass is 169 g/mol. The van der Waals surface area contributed by atoms with Gasteiger partial charge in [-0.3, -0.25) is 14.9 Å². The predicted octanol–water partition coefficient (Wildman–Crippen LogP) is 1.19. The van der Waals surface area contributed by atoms with Gasteiger partial charge in [0.25, 0.3) is 0 Å². The number of allylic oxidation sites excluding steroid dienone is 1. The van der Waals surface area contributed by atoms with E-state index in [0.717, 1.165) is 0 Å². The number of nitro groups is 1. The van der Waals surface area contributed by atoms with E-state index < -0.39 is 6.04 Å². The van der Waals surface area contributed by atoms with Gasteiger partial charge >= 0.3 is 0 Å². The summed E-state index contributed by atoms with van der Waals surface area (Å²) in [4.78, 5) is 21.0. The third kappa shape index (κ3) is 1.69. The first-order valence-electron chi connectivity index (χ1n) is 3.99. The van der Waals surface area contributed by atoms with Crippen molar-refractivity contribution in [3.63, 3.8) is 0 Å². The lowest BCUT2D eigenvalue weighted by molar-refractivity contribution is -0.529. The molecule has 0 radical (unpaired) electrons. The molecule has 0 amide bonds. The Morgan fingerprint density at radius 1 is 1.83 bits per heavy atom. The molecular weight excluding hydrogens is 158 g/mol. The molecule has 2 unspecified atom stereocenters. The van der Waals surface area contributed by atoms with E-state index in [1.807, 2.05) is 0 Å². The van der Waals surface area contributed by atoms with Crippen LogP contribution >= 0.6 is 0 Å². The number of hydrogen-bond acceptors (Lipinski definition) is 3. The molecule has 0 saturated carbocycles. The van der Waals surface area contributed by atoms with Gasteiger partial charge in [-0.25, -0.2) is 0 Å².